The zero-order chi connectivity index (χ0) is 15.0. The summed E-state index contributed by atoms with van der Waals surface area (Å²) in [5.41, 5.74) is 0. The van der Waals surface area contributed by atoms with Crippen LogP contribution in [0.4, 0.5) is 4.79 Å². The number of likely N-dealkylation sites (tertiary alicyclic amines) is 1. The van der Waals surface area contributed by atoms with Crippen LogP contribution in [-0.4, -0.2) is 65.7 Å². The molecule has 1 heterocycles. The summed E-state index contributed by atoms with van der Waals surface area (Å²) in [5.74, 6) is -0.975. The van der Waals surface area contributed by atoms with Crippen molar-refractivity contribution in [1.29, 1.82) is 0 Å². The van der Waals surface area contributed by atoms with Crippen LogP contribution in [0.1, 0.15) is 39.5 Å². The summed E-state index contributed by atoms with van der Waals surface area (Å²) in [4.78, 5) is 26.5. The highest BCUT2D eigenvalue weighted by Crippen LogP contribution is 2.08. The Morgan fingerprint density at radius 2 is 1.95 bits per heavy atom. The lowest BCUT2D eigenvalue weighted by molar-refractivity contribution is -0.137. The van der Waals surface area contributed by atoms with Crippen LogP contribution >= 0.6 is 0 Å². The van der Waals surface area contributed by atoms with Gasteiger partial charge in [-0.1, -0.05) is 13.3 Å². The summed E-state index contributed by atoms with van der Waals surface area (Å²) in [6.45, 7) is 7.14. The number of urea groups is 1. The van der Waals surface area contributed by atoms with E-state index in [1.807, 2.05) is 13.8 Å². The lowest BCUT2D eigenvalue weighted by Crippen LogP contribution is -2.49. The molecule has 1 saturated heterocycles. The molecular weight excluding hydrogens is 258 g/mol. The third-order valence-electron chi connectivity index (χ3n) is 3.46. The van der Waals surface area contributed by atoms with E-state index in [2.05, 4.69) is 10.2 Å². The summed E-state index contributed by atoms with van der Waals surface area (Å²) in [6.07, 6.45) is 4.49. The van der Waals surface area contributed by atoms with Crippen molar-refractivity contribution in [2.24, 2.45) is 0 Å². The van der Waals surface area contributed by atoms with E-state index in [-0.39, 0.29) is 18.6 Å². The normalized spacial score (nSPS) is 17.5. The first-order valence-corrected chi connectivity index (χ1v) is 7.52. The van der Waals surface area contributed by atoms with Gasteiger partial charge in [0.1, 0.15) is 6.54 Å². The van der Waals surface area contributed by atoms with Crippen molar-refractivity contribution in [3.63, 3.8) is 0 Å². The topological polar surface area (TPSA) is 72.9 Å². The minimum absolute atomic E-state index is 0.0359. The molecule has 2 amide bonds. The number of hydrogen-bond donors (Lipinski definition) is 2. The smallest absolute Gasteiger partial charge is 0.323 e. The molecule has 1 unspecified atom stereocenters. The number of carboxylic acids is 1. The quantitative estimate of drug-likeness (QED) is 0.741. The van der Waals surface area contributed by atoms with Crippen molar-refractivity contribution in [2.75, 3.05) is 32.7 Å². The van der Waals surface area contributed by atoms with Crippen LogP contribution in [0.15, 0.2) is 0 Å². The molecule has 116 valence electrons. The Hall–Kier alpha value is -1.30. The molecule has 1 aliphatic heterocycles. The van der Waals surface area contributed by atoms with Crippen molar-refractivity contribution in [2.45, 2.75) is 45.6 Å². The monoisotopic (exact) mass is 285 g/mol. The van der Waals surface area contributed by atoms with Crippen molar-refractivity contribution >= 4 is 12.0 Å². The van der Waals surface area contributed by atoms with E-state index in [0.717, 1.165) is 26.1 Å². The first-order chi connectivity index (χ1) is 9.52. The molecule has 1 fully saturated rings. The van der Waals surface area contributed by atoms with Crippen molar-refractivity contribution in [3.05, 3.63) is 0 Å². The lowest BCUT2D eigenvalue weighted by Gasteiger charge is -2.30. The van der Waals surface area contributed by atoms with Gasteiger partial charge in [-0.2, -0.15) is 0 Å². The van der Waals surface area contributed by atoms with Crippen molar-refractivity contribution in [3.8, 4) is 0 Å². The third-order valence-corrected chi connectivity index (χ3v) is 3.46. The Labute approximate surface area is 121 Å². The van der Waals surface area contributed by atoms with Crippen molar-refractivity contribution in [1.82, 2.24) is 15.1 Å². The van der Waals surface area contributed by atoms with E-state index in [1.165, 1.54) is 24.2 Å². The van der Waals surface area contributed by atoms with Crippen LogP contribution in [0.3, 0.4) is 0 Å². The standard InChI is InChI=1S/C14H27N3O3/c1-3-7-17(11-13(18)19)14(20)15-12(2)10-16-8-5-4-6-9-16/h12H,3-11H2,1-2H3,(H,15,20)(H,18,19). The van der Waals surface area contributed by atoms with Gasteiger partial charge in [-0.15, -0.1) is 0 Å². The molecule has 6 nitrogen and oxygen atoms in total. The molecule has 6 heteroatoms. The molecular formula is C14H27N3O3. The number of aliphatic carboxylic acids is 1. The molecule has 1 rings (SSSR count). The molecule has 0 saturated carbocycles. The van der Waals surface area contributed by atoms with Gasteiger partial charge in [-0.05, 0) is 39.3 Å². The molecule has 2 N–H and O–H groups in total. The van der Waals surface area contributed by atoms with Crippen LogP contribution in [0.25, 0.3) is 0 Å². The van der Waals surface area contributed by atoms with Gasteiger partial charge in [0.2, 0.25) is 0 Å². The molecule has 1 aliphatic rings. The summed E-state index contributed by atoms with van der Waals surface area (Å²) < 4.78 is 0. The van der Waals surface area contributed by atoms with E-state index < -0.39 is 5.97 Å². The molecule has 0 aromatic heterocycles. The molecule has 0 aromatic carbocycles. The first-order valence-electron chi connectivity index (χ1n) is 7.52. The molecule has 20 heavy (non-hydrogen) atoms. The van der Waals surface area contributed by atoms with Gasteiger partial charge in [0.05, 0.1) is 0 Å². The number of carbonyl (C=O) groups is 2. The Balaban J connectivity index is 2.38. The van der Waals surface area contributed by atoms with Crippen LogP contribution < -0.4 is 5.32 Å². The predicted molar refractivity (Wildman–Crippen MR) is 77.8 cm³/mol. The molecule has 0 aliphatic carbocycles. The molecule has 0 spiro atoms. The Kier molecular flexibility index (Phi) is 7.36. The predicted octanol–water partition coefficient (Wildman–Crippen LogP) is 1.37. The number of nitrogens with one attached hydrogen (secondary N) is 1. The van der Waals surface area contributed by atoms with Crippen LogP contribution in [-0.2, 0) is 4.79 Å². The van der Waals surface area contributed by atoms with Gasteiger partial charge in [0.25, 0.3) is 0 Å². The second-order valence-corrected chi connectivity index (χ2v) is 5.53. The van der Waals surface area contributed by atoms with Gasteiger partial charge in [0.15, 0.2) is 0 Å². The van der Waals surface area contributed by atoms with E-state index in [0.29, 0.717) is 6.54 Å². The zero-order valence-electron chi connectivity index (χ0n) is 12.6. The van der Waals surface area contributed by atoms with Gasteiger partial charge in [-0.25, -0.2) is 4.79 Å². The highest BCUT2D eigenvalue weighted by molar-refractivity contribution is 5.80. The number of carboxylic acid groups (broad SMARTS) is 1. The number of piperidine rings is 1. The van der Waals surface area contributed by atoms with Crippen LogP contribution in [0, 0.1) is 0 Å². The highest BCUT2D eigenvalue weighted by atomic mass is 16.4. The Bertz CT molecular complexity index is 317. The number of amides is 2. The van der Waals surface area contributed by atoms with Crippen LogP contribution in [0.2, 0.25) is 0 Å². The fraction of sp³-hybridized carbons (Fsp3) is 0.857. The highest BCUT2D eigenvalue weighted by Gasteiger charge is 2.19. The Morgan fingerprint density at radius 3 is 2.50 bits per heavy atom. The average Bonchev–Trinajstić information content (AvgIpc) is 2.38. The Morgan fingerprint density at radius 1 is 1.30 bits per heavy atom. The van der Waals surface area contributed by atoms with Gasteiger partial charge >= 0.3 is 12.0 Å². The summed E-state index contributed by atoms with van der Waals surface area (Å²) >= 11 is 0. The SMILES string of the molecule is CCCN(CC(=O)O)C(=O)NC(C)CN1CCCCC1. The maximum atomic E-state index is 12.1. The number of nitrogens with zero attached hydrogens (tertiary/aromatic N) is 2. The average molecular weight is 285 g/mol. The maximum absolute atomic E-state index is 12.1. The minimum Gasteiger partial charge on any atom is -0.480 e. The van der Waals surface area contributed by atoms with Gasteiger partial charge in [0, 0.05) is 19.1 Å². The van der Waals surface area contributed by atoms with E-state index in [9.17, 15) is 9.59 Å². The summed E-state index contributed by atoms with van der Waals surface area (Å²) in [5, 5.41) is 11.7. The van der Waals surface area contributed by atoms with Crippen molar-refractivity contribution < 1.29 is 14.7 Å². The third kappa shape index (κ3) is 6.23. The lowest BCUT2D eigenvalue weighted by atomic mass is 10.1. The maximum Gasteiger partial charge on any atom is 0.323 e. The summed E-state index contributed by atoms with van der Waals surface area (Å²) in [6, 6.07) is -0.243. The molecule has 1 atom stereocenters. The number of carbonyl (C=O) groups excluding carboxylic acids is 1. The number of hydrogen-bond acceptors (Lipinski definition) is 3. The van der Waals surface area contributed by atoms with Crippen LogP contribution in [0.5, 0.6) is 0 Å². The van der Waals surface area contributed by atoms with Gasteiger partial charge < -0.3 is 20.2 Å². The molecule has 0 aromatic rings. The fourth-order valence-electron chi connectivity index (χ4n) is 2.56. The second kappa shape index (κ2) is 8.79. The first kappa shape index (κ1) is 16.8. The van der Waals surface area contributed by atoms with E-state index in [4.69, 9.17) is 5.11 Å². The molecule has 0 radical (unpaired) electrons. The van der Waals surface area contributed by atoms with E-state index in [1.54, 1.807) is 0 Å². The van der Waals surface area contributed by atoms with Gasteiger partial charge in [-0.3, -0.25) is 4.79 Å². The van der Waals surface area contributed by atoms with E-state index >= 15 is 0 Å². The zero-order valence-corrected chi connectivity index (χ0v) is 12.6. The molecule has 0 bridgehead atoms. The largest absolute Gasteiger partial charge is 0.480 e. The summed E-state index contributed by atoms with van der Waals surface area (Å²) in [7, 11) is 0. The fourth-order valence-corrected chi connectivity index (χ4v) is 2.56. The second-order valence-electron chi connectivity index (χ2n) is 5.53. The minimum atomic E-state index is -0.975. The number of rotatable bonds is 7.